The minimum Gasteiger partial charge on any atom is -0.367 e. The number of nitrogen functional groups attached to an aromatic ring is 1. The maximum atomic E-state index is 13.2. The number of aromatic nitrogens is 1. The standard InChI is InChI=1S/C15H9BrClFN2O/c16-11-7-8(18)5-6-9(11)14-13(15(19)21-20-14)10-3-1-2-4-12(10)17/h1-7H,19H2. The smallest absolute Gasteiger partial charge is 0.230 e. The molecule has 0 bridgehead atoms. The first kappa shape index (κ1) is 14.1. The highest BCUT2D eigenvalue weighted by Crippen LogP contribution is 2.41. The number of nitrogens with two attached hydrogens (primary N) is 1. The van der Waals surface area contributed by atoms with Crippen LogP contribution in [-0.4, -0.2) is 5.16 Å². The van der Waals surface area contributed by atoms with Crippen LogP contribution in [0.2, 0.25) is 5.02 Å². The minimum atomic E-state index is -0.346. The van der Waals surface area contributed by atoms with Crippen molar-refractivity contribution in [2.45, 2.75) is 0 Å². The largest absolute Gasteiger partial charge is 0.367 e. The third-order valence-electron chi connectivity index (χ3n) is 3.05. The molecule has 0 saturated carbocycles. The van der Waals surface area contributed by atoms with E-state index in [0.717, 1.165) is 0 Å². The maximum Gasteiger partial charge on any atom is 0.230 e. The van der Waals surface area contributed by atoms with Gasteiger partial charge in [-0.3, -0.25) is 0 Å². The second kappa shape index (κ2) is 5.50. The van der Waals surface area contributed by atoms with Gasteiger partial charge in [-0.2, -0.15) is 0 Å². The molecule has 6 heteroatoms. The molecule has 0 aliphatic heterocycles. The predicted octanol–water partition coefficient (Wildman–Crippen LogP) is 5.15. The molecule has 3 rings (SSSR count). The molecule has 0 amide bonds. The van der Waals surface area contributed by atoms with Gasteiger partial charge in [-0.05, 0) is 40.2 Å². The van der Waals surface area contributed by atoms with Crippen molar-refractivity contribution in [2.24, 2.45) is 0 Å². The van der Waals surface area contributed by atoms with Crippen LogP contribution in [0.1, 0.15) is 0 Å². The molecule has 3 nitrogen and oxygen atoms in total. The van der Waals surface area contributed by atoms with Gasteiger partial charge < -0.3 is 10.3 Å². The topological polar surface area (TPSA) is 52.0 Å². The molecule has 106 valence electrons. The molecule has 0 aliphatic rings. The van der Waals surface area contributed by atoms with Crippen LogP contribution in [0.5, 0.6) is 0 Å². The molecule has 2 N–H and O–H groups in total. The van der Waals surface area contributed by atoms with Crippen molar-refractivity contribution < 1.29 is 8.91 Å². The molecule has 3 aromatic rings. The molecule has 0 spiro atoms. The summed E-state index contributed by atoms with van der Waals surface area (Å²) in [6.07, 6.45) is 0. The van der Waals surface area contributed by atoms with Crippen LogP contribution in [-0.2, 0) is 0 Å². The average molecular weight is 368 g/mol. The zero-order valence-electron chi connectivity index (χ0n) is 10.6. The van der Waals surface area contributed by atoms with Gasteiger partial charge in [0.05, 0.1) is 5.56 Å². The van der Waals surface area contributed by atoms with Gasteiger partial charge in [-0.15, -0.1) is 0 Å². The van der Waals surface area contributed by atoms with E-state index < -0.39 is 0 Å². The molecule has 0 radical (unpaired) electrons. The van der Waals surface area contributed by atoms with Crippen LogP contribution in [0, 0.1) is 5.82 Å². The van der Waals surface area contributed by atoms with Crippen molar-refractivity contribution >= 4 is 33.4 Å². The Morgan fingerprint density at radius 2 is 1.90 bits per heavy atom. The number of hydrogen-bond donors (Lipinski definition) is 1. The van der Waals surface area contributed by atoms with Crippen LogP contribution in [0.25, 0.3) is 22.4 Å². The quantitative estimate of drug-likeness (QED) is 0.682. The Kier molecular flexibility index (Phi) is 3.69. The molecule has 0 fully saturated rings. The van der Waals surface area contributed by atoms with E-state index in [1.807, 2.05) is 18.2 Å². The first-order chi connectivity index (χ1) is 10.1. The number of benzene rings is 2. The van der Waals surface area contributed by atoms with Gasteiger partial charge >= 0.3 is 0 Å². The zero-order valence-corrected chi connectivity index (χ0v) is 13.0. The second-order valence-electron chi connectivity index (χ2n) is 4.37. The predicted molar refractivity (Wildman–Crippen MR) is 84.5 cm³/mol. The normalized spacial score (nSPS) is 10.8. The molecule has 0 saturated heterocycles. The van der Waals surface area contributed by atoms with E-state index in [4.69, 9.17) is 21.9 Å². The number of rotatable bonds is 2. The van der Waals surface area contributed by atoms with Crippen LogP contribution in [0.3, 0.4) is 0 Å². The summed E-state index contributed by atoms with van der Waals surface area (Å²) in [5, 5.41) is 4.52. The van der Waals surface area contributed by atoms with Crippen molar-refractivity contribution in [3.63, 3.8) is 0 Å². The van der Waals surface area contributed by atoms with Gasteiger partial charge in [-0.1, -0.05) is 35.0 Å². The molecule has 0 aliphatic carbocycles. The first-order valence-corrected chi connectivity index (χ1v) is 7.20. The number of hydrogen-bond acceptors (Lipinski definition) is 3. The summed E-state index contributed by atoms with van der Waals surface area (Å²) in [7, 11) is 0. The molecule has 2 aromatic carbocycles. The Bertz CT molecular complexity index is 819. The van der Waals surface area contributed by atoms with Crippen molar-refractivity contribution in [3.05, 3.63) is 57.8 Å². The average Bonchev–Trinajstić information content (AvgIpc) is 2.81. The third kappa shape index (κ3) is 2.54. The Morgan fingerprint density at radius 3 is 2.62 bits per heavy atom. The SMILES string of the molecule is Nc1onc(-c2ccc(F)cc2Br)c1-c1ccccc1Cl. The lowest BCUT2D eigenvalue weighted by atomic mass is 10.0. The van der Waals surface area contributed by atoms with Gasteiger partial charge in [0, 0.05) is 20.6 Å². The molecule has 0 atom stereocenters. The fourth-order valence-corrected chi connectivity index (χ4v) is 2.86. The zero-order chi connectivity index (χ0) is 15.0. The van der Waals surface area contributed by atoms with Crippen LogP contribution in [0.4, 0.5) is 10.3 Å². The third-order valence-corrected chi connectivity index (χ3v) is 4.03. The van der Waals surface area contributed by atoms with Crippen molar-refractivity contribution in [1.82, 2.24) is 5.16 Å². The van der Waals surface area contributed by atoms with Crippen molar-refractivity contribution in [1.29, 1.82) is 0 Å². The van der Waals surface area contributed by atoms with E-state index in [9.17, 15) is 4.39 Å². The monoisotopic (exact) mass is 366 g/mol. The Labute approximate surface area is 133 Å². The van der Waals surface area contributed by atoms with Crippen LogP contribution in [0.15, 0.2) is 51.5 Å². The van der Waals surface area contributed by atoms with E-state index in [1.54, 1.807) is 12.1 Å². The van der Waals surface area contributed by atoms with E-state index in [-0.39, 0.29) is 11.7 Å². The Balaban J connectivity index is 2.25. The highest BCUT2D eigenvalue weighted by atomic mass is 79.9. The molecule has 1 aromatic heterocycles. The van der Waals surface area contributed by atoms with E-state index in [1.165, 1.54) is 12.1 Å². The minimum absolute atomic E-state index is 0.161. The summed E-state index contributed by atoms with van der Waals surface area (Å²) < 4.78 is 18.9. The van der Waals surface area contributed by atoms with Gasteiger partial charge in [0.1, 0.15) is 11.5 Å². The molecule has 0 unspecified atom stereocenters. The van der Waals surface area contributed by atoms with E-state index in [0.29, 0.717) is 31.9 Å². The molecular formula is C15H9BrClFN2O. The van der Waals surface area contributed by atoms with Crippen LogP contribution >= 0.6 is 27.5 Å². The number of anilines is 1. The lowest BCUT2D eigenvalue weighted by molar-refractivity contribution is 0.439. The summed E-state index contributed by atoms with van der Waals surface area (Å²) in [6, 6.07) is 11.6. The highest BCUT2D eigenvalue weighted by molar-refractivity contribution is 9.10. The van der Waals surface area contributed by atoms with Gasteiger partial charge in [0.25, 0.3) is 0 Å². The van der Waals surface area contributed by atoms with Gasteiger partial charge in [0.2, 0.25) is 5.88 Å². The lowest BCUT2D eigenvalue weighted by Gasteiger charge is -2.06. The maximum absolute atomic E-state index is 13.2. The number of halogens is 3. The van der Waals surface area contributed by atoms with Crippen molar-refractivity contribution in [2.75, 3.05) is 5.73 Å². The van der Waals surface area contributed by atoms with Gasteiger partial charge in [-0.25, -0.2) is 4.39 Å². The Morgan fingerprint density at radius 1 is 1.14 bits per heavy atom. The molecular weight excluding hydrogens is 359 g/mol. The summed E-state index contributed by atoms with van der Waals surface area (Å²) in [6.45, 7) is 0. The lowest BCUT2D eigenvalue weighted by Crippen LogP contribution is -1.89. The van der Waals surface area contributed by atoms with Crippen molar-refractivity contribution in [3.8, 4) is 22.4 Å². The Hall–Kier alpha value is -1.85. The fraction of sp³-hybridized carbons (Fsp3) is 0. The summed E-state index contributed by atoms with van der Waals surface area (Å²) in [5.74, 6) is -0.185. The fourth-order valence-electron chi connectivity index (χ4n) is 2.09. The number of nitrogens with zero attached hydrogens (tertiary/aromatic N) is 1. The molecule has 1 heterocycles. The summed E-state index contributed by atoms with van der Waals surface area (Å²) >= 11 is 9.54. The second-order valence-corrected chi connectivity index (χ2v) is 5.64. The van der Waals surface area contributed by atoms with E-state index in [2.05, 4.69) is 21.1 Å². The summed E-state index contributed by atoms with van der Waals surface area (Å²) in [5.41, 5.74) is 8.37. The molecule has 21 heavy (non-hydrogen) atoms. The van der Waals surface area contributed by atoms with Gasteiger partial charge in [0.15, 0.2) is 0 Å². The van der Waals surface area contributed by atoms with E-state index >= 15 is 0 Å². The highest BCUT2D eigenvalue weighted by Gasteiger charge is 2.21. The summed E-state index contributed by atoms with van der Waals surface area (Å²) in [4.78, 5) is 0. The first-order valence-electron chi connectivity index (χ1n) is 6.03. The van der Waals surface area contributed by atoms with Crippen LogP contribution < -0.4 is 5.73 Å².